The number of anilines is 1. The Labute approximate surface area is 189 Å². The van der Waals surface area contributed by atoms with Crippen LogP contribution in [0.4, 0.5) is 5.69 Å². The van der Waals surface area contributed by atoms with Crippen molar-refractivity contribution in [3.05, 3.63) is 85.5 Å². The van der Waals surface area contributed by atoms with Gasteiger partial charge in [0.2, 0.25) is 15.9 Å². The van der Waals surface area contributed by atoms with E-state index in [4.69, 9.17) is 4.74 Å². The van der Waals surface area contributed by atoms with Crippen LogP contribution in [0.25, 0.3) is 0 Å². The first-order valence-corrected chi connectivity index (χ1v) is 11.6. The van der Waals surface area contributed by atoms with E-state index in [1.54, 1.807) is 0 Å². The number of nitrogens with one attached hydrogen (secondary N) is 1. The highest BCUT2D eigenvalue weighted by Crippen LogP contribution is 2.19. The average Bonchev–Trinajstić information content (AvgIpc) is 2.78. The molecule has 0 saturated heterocycles. The van der Waals surface area contributed by atoms with Crippen LogP contribution in [0.5, 0.6) is 0 Å². The molecule has 0 aromatic heterocycles. The van der Waals surface area contributed by atoms with E-state index in [9.17, 15) is 18.0 Å². The van der Waals surface area contributed by atoms with Crippen LogP contribution in [0.3, 0.4) is 0 Å². The maximum absolute atomic E-state index is 12.7. The Morgan fingerprint density at radius 2 is 1.56 bits per heavy atom. The number of hydrogen-bond acceptors (Lipinski definition) is 5. The molecule has 2 rings (SSSR count). The lowest BCUT2D eigenvalue weighted by Crippen LogP contribution is -2.31. The summed E-state index contributed by atoms with van der Waals surface area (Å²) in [5.74, 6) is -0.803. The smallest absolute Gasteiger partial charge is 0.306 e. The zero-order valence-corrected chi connectivity index (χ0v) is 18.7. The standard InChI is InChI=1S/C24H28N2O5S/c1-3-17-26(18-4-2)32(29,30)22-12-10-21(11-13-22)25-23(27)14-15-24(28)31-19-16-20-8-6-5-7-9-20/h3-13H,1-2,14-19H2,(H,25,27). The minimum Gasteiger partial charge on any atom is -0.465 e. The third-order valence-electron chi connectivity index (χ3n) is 4.49. The summed E-state index contributed by atoms with van der Waals surface area (Å²) in [7, 11) is -3.70. The van der Waals surface area contributed by atoms with Crippen LogP contribution in [-0.4, -0.2) is 44.3 Å². The van der Waals surface area contributed by atoms with Crippen molar-refractivity contribution in [3.63, 3.8) is 0 Å². The molecule has 32 heavy (non-hydrogen) atoms. The number of amides is 1. The lowest BCUT2D eigenvalue weighted by molar-refractivity contribution is -0.144. The van der Waals surface area contributed by atoms with Crippen molar-refractivity contribution in [2.75, 3.05) is 25.0 Å². The van der Waals surface area contributed by atoms with Gasteiger partial charge < -0.3 is 10.1 Å². The third-order valence-corrected chi connectivity index (χ3v) is 6.34. The molecule has 0 atom stereocenters. The summed E-state index contributed by atoms with van der Waals surface area (Å²) in [6, 6.07) is 15.5. The van der Waals surface area contributed by atoms with Gasteiger partial charge in [-0.1, -0.05) is 42.5 Å². The molecule has 8 heteroatoms. The van der Waals surface area contributed by atoms with Gasteiger partial charge in [-0.3, -0.25) is 9.59 Å². The van der Waals surface area contributed by atoms with Gasteiger partial charge in [-0.2, -0.15) is 4.31 Å². The van der Waals surface area contributed by atoms with Crippen molar-refractivity contribution in [1.29, 1.82) is 0 Å². The van der Waals surface area contributed by atoms with E-state index in [2.05, 4.69) is 18.5 Å². The monoisotopic (exact) mass is 456 g/mol. The maximum atomic E-state index is 12.7. The fourth-order valence-corrected chi connectivity index (χ4v) is 4.24. The van der Waals surface area contributed by atoms with Crippen molar-refractivity contribution in [2.45, 2.75) is 24.2 Å². The molecule has 0 saturated carbocycles. The SMILES string of the molecule is C=CCN(CC=C)S(=O)(=O)c1ccc(NC(=O)CCC(=O)OCCc2ccccc2)cc1. The second kappa shape index (κ2) is 12.6. The molecule has 2 aromatic carbocycles. The summed E-state index contributed by atoms with van der Waals surface area (Å²) in [5.41, 5.74) is 1.51. The molecule has 0 unspecified atom stereocenters. The number of hydrogen-bond donors (Lipinski definition) is 1. The van der Waals surface area contributed by atoms with E-state index in [0.717, 1.165) is 5.56 Å². The molecule has 0 aliphatic heterocycles. The Hall–Kier alpha value is -3.23. The Balaban J connectivity index is 1.81. The van der Waals surface area contributed by atoms with E-state index < -0.39 is 16.0 Å². The Morgan fingerprint density at radius 3 is 2.16 bits per heavy atom. The second-order valence-corrected chi connectivity index (χ2v) is 8.87. The number of ether oxygens (including phenoxy) is 1. The molecular weight excluding hydrogens is 428 g/mol. The van der Waals surface area contributed by atoms with Crippen LogP contribution >= 0.6 is 0 Å². The van der Waals surface area contributed by atoms with Crippen molar-refractivity contribution < 1.29 is 22.7 Å². The van der Waals surface area contributed by atoms with Gasteiger partial charge in [-0.15, -0.1) is 13.2 Å². The zero-order chi connectivity index (χ0) is 23.4. The van der Waals surface area contributed by atoms with Gasteiger partial charge in [-0.25, -0.2) is 8.42 Å². The Bertz CT molecular complexity index is 1010. The van der Waals surface area contributed by atoms with Crippen LogP contribution in [-0.2, 0) is 30.8 Å². The number of benzene rings is 2. The molecule has 0 radical (unpaired) electrons. The molecule has 1 N–H and O–H groups in total. The van der Waals surface area contributed by atoms with Gasteiger partial charge in [0, 0.05) is 31.6 Å². The highest BCUT2D eigenvalue weighted by molar-refractivity contribution is 7.89. The lowest BCUT2D eigenvalue weighted by Gasteiger charge is -2.19. The van der Waals surface area contributed by atoms with Gasteiger partial charge in [0.25, 0.3) is 0 Å². The summed E-state index contributed by atoms with van der Waals surface area (Å²) in [4.78, 5) is 24.0. The minimum absolute atomic E-state index is 0.0311. The van der Waals surface area contributed by atoms with Crippen molar-refractivity contribution >= 4 is 27.6 Å². The predicted octanol–water partition coefficient (Wildman–Crippen LogP) is 3.55. The highest BCUT2D eigenvalue weighted by atomic mass is 32.2. The highest BCUT2D eigenvalue weighted by Gasteiger charge is 2.22. The maximum Gasteiger partial charge on any atom is 0.306 e. The predicted molar refractivity (Wildman–Crippen MR) is 125 cm³/mol. The summed E-state index contributed by atoms with van der Waals surface area (Å²) in [6.45, 7) is 7.73. The fourth-order valence-electron chi connectivity index (χ4n) is 2.86. The second-order valence-electron chi connectivity index (χ2n) is 6.93. The van der Waals surface area contributed by atoms with Gasteiger partial charge in [0.05, 0.1) is 17.9 Å². The Morgan fingerprint density at radius 1 is 0.938 bits per heavy atom. The van der Waals surface area contributed by atoms with Crippen LogP contribution < -0.4 is 5.32 Å². The molecule has 1 amide bonds. The van der Waals surface area contributed by atoms with E-state index in [-0.39, 0.29) is 43.3 Å². The molecular formula is C24H28N2O5S. The van der Waals surface area contributed by atoms with Crippen molar-refractivity contribution in [1.82, 2.24) is 4.31 Å². The van der Waals surface area contributed by atoms with Crippen molar-refractivity contribution in [3.8, 4) is 0 Å². The quantitative estimate of drug-likeness (QED) is 0.368. The summed E-state index contributed by atoms with van der Waals surface area (Å²) in [6.07, 6.45) is 3.55. The first kappa shape index (κ1) is 25.0. The van der Waals surface area contributed by atoms with Crippen LogP contribution in [0.1, 0.15) is 18.4 Å². The zero-order valence-electron chi connectivity index (χ0n) is 17.9. The first-order chi connectivity index (χ1) is 15.4. The fraction of sp³-hybridized carbons (Fsp3) is 0.250. The van der Waals surface area contributed by atoms with Crippen molar-refractivity contribution in [2.24, 2.45) is 0 Å². The largest absolute Gasteiger partial charge is 0.465 e. The number of sulfonamides is 1. The summed E-state index contributed by atoms with van der Waals surface area (Å²) in [5, 5.41) is 2.65. The number of nitrogens with zero attached hydrogens (tertiary/aromatic N) is 1. The van der Waals surface area contributed by atoms with Gasteiger partial charge in [0.1, 0.15) is 0 Å². The van der Waals surface area contributed by atoms with Crippen LogP contribution in [0.15, 0.2) is 84.8 Å². The minimum atomic E-state index is -3.70. The summed E-state index contributed by atoms with van der Waals surface area (Å²) < 4.78 is 31.8. The van der Waals surface area contributed by atoms with E-state index in [1.807, 2.05) is 30.3 Å². The molecule has 0 aliphatic carbocycles. The topological polar surface area (TPSA) is 92.8 Å². The molecule has 0 spiro atoms. The normalized spacial score (nSPS) is 11.0. The molecule has 2 aromatic rings. The van der Waals surface area contributed by atoms with Crippen LogP contribution in [0.2, 0.25) is 0 Å². The summed E-state index contributed by atoms with van der Waals surface area (Å²) >= 11 is 0. The molecule has 170 valence electrons. The van der Waals surface area contributed by atoms with E-state index in [1.165, 1.54) is 40.7 Å². The number of rotatable bonds is 13. The first-order valence-electron chi connectivity index (χ1n) is 10.2. The Kier molecular flexibility index (Phi) is 9.84. The molecule has 0 heterocycles. The number of carbonyl (C=O) groups is 2. The third kappa shape index (κ3) is 7.79. The molecule has 0 aliphatic rings. The number of carbonyl (C=O) groups excluding carboxylic acids is 2. The van der Waals surface area contributed by atoms with Gasteiger partial charge in [0.15, 0.2) is 0 Å². The number of esters is 1. The molecule has 0 fully saturated rings. The lowest BCUT2D eigenvalue weighted by atomic mass is 10.2. The van der Waals surface area contributed by atoms with Crippen LogP contribution in [0, 0.1) is 0 Å². The van der Waals surface area contributed by atoms with Gasteiger partial charge in [-0.05, 0) is 29.8 Å². The van der Waals surface area contributed by atoms with E-state index in [0.29, 0.717) is 12.1 Å². The van der Waals surface area contributed by atoms with Gasteiger partial charge >= 0.3 is 5.97 Å². The molecule has 0 bridgehead atoms. The van der Waals surface area contributed by atoms with E-state index >= 15 is 0 Å². The molecule has 7 nitrogen and oxygen atoms in total. The average molecular weight is 457 g/mol.